The second kappa shape index (κ2) is 7.02. The van der Waals surface area contributed by atoms with Crippen molar-refractivity contribution < 1.29 is 9.53 Å². The Morgan fingerprint density at radius 3 is 2.90 bits per heavy atom. The number of nitrogens with zero attached hydrogens (tertiary/aromatic N) is 1. The molecule has 2 rings (SSSR count). The van der Waals surface area contributed by atoms with Gasteiger partial charge in [-0.1, -0.05) is 6.92 Å². The Kier molecular flexibility index (Phi) is 5.35. The summed E-state index contributed by atoms with van der Waals surface area (Å²) in [6, 6.07) is 6.21. The van der Waals surface area contributed by atoms with Crippen molar-refractivity contribution in [2.24, 2.45) is 0 Å². The Hall–Kier alpha value is -1.16. The minimum absolute atomic E-state index is 0.112. The van der Waals surface area contributed by atoms with E-state index in [1.165, 1.54) is 6.42 Å². The van der Waals surface area contributed by atoms with Gasteiger partial charge in [0.1, 0.15) is 5.75 Å². The zero-order chi connectivity index (χ0) is 14.5. The fraction of sp³-hybridized carbons (Fsp3) is 0.562. The van der Waals surface area contributed by atoms with Crippen molar-refractivity contribution in [1.82, 2.24) is 4.90 Å². The molecular formula is C16H23NO2S. The van der Waals surface area contributed by atoms with Crippen LogP contribution in [0.3, 0.4) is 0 Å². The third kappa shape index (κ3) is 3.11. The van der Waals surface area contributed by atoms with Gasteiger partial charge >= 0.3 is 0 Å². The highest BCUT2D eigenvalue weighted by Crippen LogP contribution is 2.29. The molecule has 1 aliphatic rings. The van der Waals surface area contributed by atoms with E-state index in [2.05, 4.69) is 6.92 Å². The van der Waals surface area contributed by atoms with Gasteiger partial charge in [-0.05, 0) is 50.1 Å². The van der Waals surface area contributed by atoms with Crippen LogP contribution in [-0.4, -0.2) is 36.8 Å². The summed E-state index contributed by atoms with van der Waals surface area (Å²) in [6.45, 7) is 3.02. The van der Waals surface area contributed by atoms with Crippen molar-refractivity contribution in [3.63, 3.8) is 0 Å². The third-order valence-electron chi connectivity index (χ3n) is 4.00. The summed E-state index contributed by atoms with van der Waals surface area (Å²) in [5, 5.41) is 0. The van der Waals surface area contributed by atoms with E-state index in [0.717, 1.165) is 30.7 Å². The lowest BCUT2D eigenvalue weighted by Crippen LogP contribution is -2.43. The van der Waals surface area contributed by atoms with Crippen LogP contribution in [0.15, 0.2) is 23.1 Å². The minimum Gasteiger partial charge on any atom is -0.496 e. The van der Waals surface area contributed by atoms with Crippen LogP contribution in [0.4, 0.5) is 0 Å². The normalized spacial score (nSPS) is 18.9. The fourth-order valence-corrected chi connectivity index (χ4v) is 3.25. The van der Waals surface area contributed by atoms with Gasteiger partial charge in [0, 0.05) is 17.5 Å². The Labute approximate surface area is 125 Å². The molecule has 1 aromatic rings. The lowest BCUT2D eigenvalue weighted by Gasteiger charge is -2.35. The first-order valence-electron chi connectivity index (χ1n) is 7.24. The van der Waals surface area contributed by atoms with Crippen molar-refractivity contribution in [3.05, 3.63) is 23.8 Å². The number of thioether (sulfide) groups is 1. The number of rotatable bonds is 4. The van der Waals surface area contributed by atoms with Crippen LogP contribution in [0.25, 0.3) is 0 Å². The molecule has 0 spiro atoms. The summed E-state index contributed by atoms with van der Waals surface area (Å²) in [7, 11) is 1.63. The van der Waals surface area contributed by atoms with Gasteiger partial charge in [0.25, 0.3) is 5.91 Å². The number of hydrogen-bond acceptors (Lipinski definition) is 3. The molecule has 1 aliphatic heterocycles. The minimum atomic E-state index is 0.112. The molecule has 0 unspecified atom stereocenters. The summed E-state index contributed by atoms with van der Waals surface area (Å²) in [6.07, 6.45) is 6.50. The molecule has 20 heavy (non-hydrogen) atoms. The Morgan fingerprint density at radius 2 is 2.25 bits per heavy atom. The number of methoxy groups -OCH3 is 1. The monoisotopic (exact) mass is 293 g/mol. The maximum absolute atomic E-state index is 12.8. The van der Waals surface area contributed by atoms with E-state index in [1.54, 1.807) is 18.9 Å². The van der Waals surface area contributed by atoms with Crippen LogP contribution in [0.5, 0.6) is 5.75 Å². The van der Waals surface area contributed by atoms with Crippen LogP contribution >= 0.6 is 11.8 Å². The van der Waals surface area contributed by atoms with Crippen LogP contribution in [0.1, 0.15) is 43.0 Å². The van der Waals surface area contributed by atoms with Gasteiger partial charge in [-0.25, -0.2) is 0 Å². The van der Waals surface area contributed by atoms with Gasteiger partial charge < -0.3 is 9.64 Å². The highest BCUT2D eigenvalue weighted by molar-refractivity contribution is 7.98. The van der Waals surface area contributed by atoms with Crippen molar-refractivity contribution in [2.45, 2.75) is 43.5 Å². The molecular weight excluding hydrogens is 270 g/mol. The molecule has 1 aromatic carbocycles. The van der Waals surface area contributed by atoms with Crippen molar-refractivity contribution in [3.8, 4) is 5.75 Å². The highest BCUT2D eigenvalue weighted by Gasteiger charge is 2.27. The first kappa shape index (κ1) is 15.2. The van der Waals surface area contributed by atoms with Crippen LogP contribution < -0.4 is 4.74 Å². The van der Waals surface area contributed by atoms with E-state index >= 15 is 0 Å². The highest BCUT2D eigenvalue weighted by atomic mass is 32.2. The van der Waals surface area contributed by atoms with Gasteiger partial charge in [-0.2, -0.15) is 0 Å². The molecule has 0 aromatic heterocycles. The van der Waals surface area contributed by atoms with Crippen molar-refractivity contribution in [1.29, 1.82) is 0 Å². The second-order valence-electron chi connectivity index (χ2n) is 5.12. The van der Waals surface area contributed by atoms with Gasteiger partial charge in [0.2, 0.25) is 0 Å². The van der Waals surface area contributed by atoms with Gasteiger partial charge in [-0.15, -0.1) is 11.8 Å². The molecule has 1 saturated heterocycles. The average molecular weight is 293 g/mol. The fourth-order valence-electron chi connectivity index (χ4n) is 2.82. The molecule has 0 N–H and O–H groups in total. The summed E-state index contributed by atoms with van der Waals surface area (Å²) in [5.74, 6) is 0.795. The lowest BCUT2D eigenvalue weighted by atomic mass is 9.98. The zero-order valence-electron chi connectivity index (χ0n) is 12.5. The molecule has 4 heteroatoms. The van der Waals surface area contributed by atoms with E-state index in [4.69, 9.17) is 4.74 Å². The van der Waals surface area contributed by atoms with E-state index in [1.807, 2.05) is 29.4 Å². The molecule has 0 saturated carbocycles. The Balaban J connectivity index is 2.27. The first-order chi connectivity index (χ1) is 9.71. The number of ether oxygens (including phenoxy) is 1. The van der Waals surface area contributed by atoms with E-state index in [0.29, 0.717) is 17.4 Å². The van der Waals surface area contributed by atoms with E-state index in [9.17, 15) is 4.79 Å². The molecule has 0 aliphatic carbocycles. The molecule has 1 fully saturated rings. The van der Waals surface area contributed by atoms with Gasteiger partial charge in [0.05, 0.1) is 12.7 Å². The van der Waals surface area contributed by atoms with Gasteiger partial charge in [-0.3, -0.25) is 4.79 Å². The average Bonchev–Trinajstić information content (AvgIpc) is 2.53. The standard InChI is InChI=1S/C16H23NO2S/c1-4-12-7-5-6-10-17(12)16(18)14-9-8-13(20-3)11-15(14)19-2/h8-9,11-12H,4-7,10H2,1-3H3/t12-/m0/s1. The lowest BCUT2D eigenvalue weighted by molar-refractivity contribution is 0.0604. The topological polar surface area (TPSA) is 29.5 Å². The number of carbonyl (C=O) groups excluding carboxylic acids is 1. The number of piperidine rings is 1. The van der Waals surface area contributed by atoms with Crippen LogP contribution in [0, 0.1) is 0 Å². The van der Waals surface area contributed by atoms with Crippen LogP contribution in [-0.2, 0) is 0 Å². The SMILES string of the molecule is CC[C@H]1CCCCN1C(=O)c1ccc(SC)cc1OC. The second-order valence-corrected chi connectivity index (χ2v) is 6.00. The maximum atomic E-state index is 12.8. The smallest absolute Gasteiger partial charge is 0.257 e. The molecule has 1 atom stereocenters. The Bertz CT molecular complexity index is 476. The first-order valence-corrected chi connectivity index (χ1v) is 8.46. The quantitative estimate of drug-likeness (QED) is 0.790. The predicted octanol–water partition coefficient (Wildman–Crippen LogP) is 3.82. The summed E-state index contributed by atoms with van der Waals surface area (Å²) >= 11 is 1.65. The zero-order valence-corrected chi connectivity index (χ0v) is 13.3. The molecule has 1 amide bonds. The summed E-state index contributed by atoms with van der Waals surface area (Å²) < 4.78 is 5.41. The molecule has 3 nitrogen and oxygen atoms in total. The molecule has 0 radical (unpaired) electrons. The number of benzene rings is 1. The van der Waals surface area contributed by atoms with E-state index < -0.39 is 0 Å². The number of amides is 1. The van der Waals surface area contributed by atoms with Crippen molar-refractivity contribution >= 4 is 17.7 Å². The van der Waals surface area contributed by atoms with Gasteiger partial charge in [0.15, 0.2) is 0 Å². The number of hydrogen-bond donors (Lipinski definition) is 0. The molecule has 1 heterocycles. The summed E-state index contributed by atoms with van der Waals surface area (Å²) in [4.78, 5) is 15.9. The van der Waals surface area contributed by atoms with E-state index in [-0.39, 0.29) is 5.91 Å². The maximum Gasteiger partial charge on any atom is 0.257 e. The summed E-state index contributed by atoms with van der Waals surface area (Å²) in [5.41, 5.74) is 0.686. The number of carbonyl (C=O) groups is 1. The molecule has 0 bridgehead atoms. The van der Waals surface area contributed by atoms with Crippen molar-refractivity contribution in [2.75, 3.05) is 19.9 Å². The Morgan fingerprint density at radius 1 is 1.45 bits per heavy atom. The predicted molar refractivity (Wildman–Crippen MR) is 83.7 cm³/mol. The molecule has 110 valence electrons. The number of likely N-dealkylation sites (tertiary alicyclic amines) is 1. The van der Waals surface area contributed by atoms with Crippen LogP contribution in [0.2, 0.25) is 0 Å². The third-order valence-corrected chi connectivity index (χ3v) is 4.72. The largest absolute Gasteiger partial charge is 0.496 e.